The Bertz CT molecular complexity index is 612. The summed E-state index contributed by atoms with van der Waals surface area (Å²) in [7, 11) is 0. The molecule has 3 rings (SSSR count). The maximum absolute atomic E-state index is 12.8. The first kappa shape index (κ1) is 14.0. The number of carbonyl (C=O) groups is 1. The lowest BCUT2D eigenvalue weighted by Gasteiger charge is -2.39. The second-order valence-corrected chi connectivity index (χ2v) is 5.54. The Morgan fingerprint density at radius 1 is 1.05 bits per heavy atom. The van der Waals surface area contributed by atoms with E-state index in [1.807, 2.05) is 48.5 Å². The van der Waals surface area contributed by atoms with Crippen LogP contribution in [-0.4, -0.2) is 29.6 Å². The minimum atomic E-state index is -1.34. The van der Waals surface area contributed by atoms with Crippen LogP contribution in [0, 0.1) is 0 Å². The van der Waals surface area contributed by atoms with Crippen molar-refractivity contribution < 1.29 is 9.90 Å². The predicted octanol–water partition coefficient (Wildman–Crippen LogP) is 2.38. The zero-order valence-corrected chi connectivity index (χ0v) is 11.8. The minimum absolute atomic E-state index is 0.182. The topological polar surface area (TPSA) is 49.3 Å². The molecule has 1 saturated heterocycles. The molecule has 0 radical (unpaired) electrons. The fourth-order valence-corrected chi connectivity index (χ4v) is 3.06. The number of Topliss-reactive ketones (excluding diaryl/α,β-unsaturated/α-hetero) is 1. The van der Waals surface area contributed by atoms with Gasteiger partial charge in [0.2, 0.25) is 0 Å². The number of benzene rings is 2. The van der Waals surface area contributed by atoms with Gasteiger partial charge < -0.3 is 10.4 Å². The van der Waals surface area contributed by atoms with Crippen LogP contribution in [0.25, 0.3) is 0 Å². The summed E-state index contributed by atoms with van der Waals surface area (Å²) in [5, 5.41) is 14.4. The molecule has 21 heavy (non-hydrogen) atoms. The van der Waals surface area contributed by atoms with Gasteiger partial charge in [-0.3, -0.25) is 4.79 Å². The molecule has 1 fully saturated rings. The van der Waals surface area contributed by atoms with Crippen LogP contribution in [-0.2, 0) is 0 Å². The zero-order chi connectivity index (χ0) is 14.7. The van der Waals surface area contributed by atoms with Crippen molar-refractivity contribution in [2.24, 2.45) is 0 Å². The largest absolute Gasteiger partial charge is 0.381 e. The highest BCUT2D eigenvalue weighted by Crippen LogP contribution is 2.35. The molecule has 2 atom stereocenters. The van der Waals surface area contributed by atoms with Crippen molar-refractivity contribution in [3.05, 3.63) is 71.8 Å². The van der Waals surface area contributed by atoms with Gasteiger partial charge in [0, 0.05) is 18.0 Å². The Balaban J connectivity index is 1.98. The Hall–Kier alpha value is -1.97. The van der Waals surface area contributed by atoms with E-state index in [-0.39, 0.29) is 11.7 Å². The quantitative estimate of drug-likeness (QED) is 0.849. The Kier molecular flexibility index (Phi) is 3.86. The van der Waals surface area contributed by atoms with Crippen LogP contribution in [0.3, 0.4) is 0 Å². The molecule has 0 bridgehead atoms. The molecule has 2 unspecified atom stereocenters. The third-order valence-corrected chi connectivity index (χ3v) is 4.24. The van der Waals surface area contributed by atoms with E-state index in [2.05, 4.69) is 5.32 Å². The van der Waals surface area contributed by atoms with Gasteiger partial charge in [-0.2, -0.15) is 0 Å². The highest BCUT2D eigenvalue weighted by Gasteiger charge is 2.46. The van der Waals surface area contributed by atoms with Gasteiger partial charge in [0.25, 0.3) is 0 Å². The molecule has 0 saturated carbocycles. The summed E-state index contributed by atoms with van der Waals surface area (Å²) in [5.41, 5.74) is 0.229. The average molecular weight is 281 g/mol. The van der Waals surface area contributed by atoms with E-state index in [4.69, 9.17) is 0 Å². The van der Waals surface area contributed by atoms with Gasteiger partial charge in [-0.15, -0.1) is 0 Å². The monoisotopic (exact) mass is 281 g/mol. The Morgan fingerprint density at radius 3 is 2.33 bits per heavy atom. The van der Waals surface area contributed by atoms with Gasteiger partial charge in [0.15, 0.2) is 5.78 Å². The molecule has 0 aromatic heterocycles. The molecule has 0 amide bonds. The summed E-state index contributed by atoms with van der Waals surface area (Å²) in [6, 6.07) is 18.8. The van der Waals surface area contributed by atoms with E-state index in [1.165, 1.54) is 0 Å². The summed E-state index contributed by atoms with van der Waals surface area (Å²) in [5.74, 6) is -0.404. The molecule has 0 spiro atoms. The Morgan fingerprint density at radius 2 is 1.67 bits per heavy atom. The van der Waals surface area contributed by atoms with E-state index >= 15 is 0 Å². The summed E-state index contributed by atoms with van der Waals surface area (Å²) >= 11 is 0. The zero-order valence-electron chi connectivity index (χ0n) is 11.8. The number of nitrogens with one attached hydrogen (secondary N) is 1. The fraction of sp³-hybridized carbons (Fsp3) is 0.278. The van der Waals surface area contributed by atoms with Crippen molar-refractivity contribution in [3.63, 3.8) is 0 Å². The molecule has 2 aromatic rings. The molecule has 1 heterocycles. The van der Waals surface area contributed by atoms with Crippen molar-refractivity contribution in [2.75, 3.05) is 13.1 Å². The highest BCUT2D eigenvalue weighted by molar-refractivity contribution is 6.03. The number of rotatable bonds is 3. The number of piperidine rings is 1. The first-order chi connectivity index (χ1) is 10.2. The van der Waals surface area contributed by atoms with Gasteiger partial charge in [0.05, 0.1) is 0 Å². The summed E-state index contributed by atoms with van der Waals surface area (Å²) in [6.07, 6.45) is 0.431. The average Bonchev–Trinajstić information content (AvgIpc) is 2.56. The second kappa shape index (κ2) is 5.80. The normalized spacial score (nSPS) is 25.5. The molecule has 1 aliphatic rings. The molecule has 2 N–H and O–H groups in total. The maximum Gasteiger partial charge on any atom is 0.195 e. The standard InChI is InChI=1S/C18H19NO2/c20-17(15-9-5-2-6-10-15)18(21)11-12-19-13-16(18)14-7-3-1-4-8-14/h1-10,16,19,21H,11-13H2. The van der Waals surface area contributed by atoms with E-state index < -0.39 is 5.60 Å². The van der Waals surface area contributed by atoms with E-state index in [1.54, 1.807) is 12.1 Å². The molecule has 1 aliphatic heterocycles. The van der Waals surface area contributed by atoms with Crippen LogP contribution in [0.5, 0.6) is 0 Å². The molecule has 3 heteroatoms. The van der Waals surface area contributed by atoms with Gasteiger partial charge in [-0.25, -0.2) is 0 Å². The third kappa shape index (κ3) is 2.62. The SMILES string of the molecule is O=C(c1ccccc1)C1(O)CCNCC1c1ccccc1. The van der Waals surface area contributed by atoms with Crippen molar-refractivity contribution in [3.8, 4) is 0 Å². The minimum Gasteiger partial charge on any atom is -0.381 e. The van der Waals surface area contributed by atoms with Crippen LogP contribution in [0.1, 0.15) is 28.3 Å². The van der Waals surface area contributed by atoms with Crippen molar-refractivity contribution in [2.45, 2.75) is 17.9 Å². The van der Waals surface area contributed by atoms with Crippen molar-refractivity contribution in [1.82, 2.24) is 5.32 Å². The lowest BCUT2D eigenvalue weighted by molar-refractivity contribution is 0.00239. The maximum atomic E-state index is 12.8. The van der Waals surface area contributed by atoms with Gasteiger partial charge in [0.1, 0.15) is 5.60 Å². The summed E-state index contributed by atoms with van der Waals surface area (Å²) in [4.78, 5) is 12.8. The first-order valence-electron chi connectivity index (χ1n) is 7.30. The highest BCUT2D eigenvalue weighted by atomic mass is 16.3. The number of aliphatic hydroxyl groups is 1. The molecule has 2 aromatic carbocycles. The van der Waals surface area contributed by atoms with Gasteiger partial charge in [-0.05, 0) is 18.5 Å². The van der Waals surface area contributed by atoms with E-state index in [0.29, 0.717) is 25.1 Å². The third-order valence-electron chi connectivity index (χ3n) is 4.24. The van der Waals surface area contributed by atoms with Crippen LogP contribution in [0.15, 0.2) is 60.7 Å². The number of hydrogen-bond donors (Lipinski definition) is 2. The molecule has 3 nitrogen and oxygen atoms in total. The van der Waals surface area contributed by atoms with Crippen LogP contribution in [0.4, 0.5) is 0 Å². The summed E-state index contributed by atoms with van der Waals surface area (Å²) in [6.45, 7) is 1.26. The fourth-order valence-electron chi connectivity index (χ4n) is 3.06. The number of ketones is 1. The number of hydrogen-bond acceptors (Lipinski definition) is 3. The molecular weight excluding hydrogens is 262 g/mol. The second-order valence-electron chi connectivity index (χ2n) is 5.54. The van der Waals surface area contributed by atoms with Crippen LogP contribution >= 0.6 is 0 Å². The Labute approximate surface area is 124 Å². The molecular formula is C18H19NO2. The van der Waals surface area contributed by atoms with Gasteiger partial charge in [-0.1, -0.05) is 60.7 Å². The van der Waals surface area contributed by atoms with E-state index in [0.717, 1.165) is 5.56 Å². The number of carbonyl (C=O) groups excluding carboxylic acids is 1. The van der Waals surface area contributed by atoms with Gasteiger partial charge >= 0.3 is 0 Å². The lowest BCUT2D eigenvalue weighted by Crippen LogP contribution is -2.53. The van der Waals surface area contributed by atoms with Crippen LogP contribution < -0.4 is 5.32 Å². The molecule has 108 valence electrons. The van der Waals surface area contributed by atoms with Crippen molar-refractivity contribution in [1.29, 1.82) is 0 Å². The first-order valence-corrected chi connectivity index (χ1v) is 7.30. The summed E-state index contributed by atoms with van der Waals surface area (Å²) < 4.78 is 0. The predicted molar refractivity (Wildman–Crippen MR) is 82.4 cm³/mol. The van der Waals surface area contributed by atoms with Crippen molar-refractivity contribution >= 4 is 5.78 Å². The lowest BCUT2D eigenvalue weighted by atomic mass is 9.73. The van der Waals surface area contributed by atoms with E-state index in [9.17, 15) is 9.90 Å². The smallest absolute Gasteiger partial charge is 0.195 e. The van der Waals surface area contributed by atoms with Crippen LogP contribution in [0.2, 0.25) is 0 Å². The molecule has 0 aliphatic carbocycles.